The molecule has 142 valence electrons. The Morgan fingerprint density at radius 1 is 0.760 bits per heavy atom. The summed E-state index contributed by atoms with van der Waals surface area (Å²) in [6.07, 6.45) is 14.9. The second kappa shape index (κ2) is 13.3. The zero-order valence-corrected chi connectivity index (χ0v) is 15.7. The van der Waals surface area contributed by atoms with Crippen LogP contribution in [0.4, 0.5) is 0 Å². The van der Waals surface area contributed by atoms with Gasteiger partial charge in [0.15, 0.2) is 0 Å². The molecule has 1 aromatic rings. The van der Waals surface area contributed by atoms with Crippen LogP contribution in [0.3, 0.4) is 0 Å². The average Bonchev–Trinajstić information content (AvgIpc) is 3.41. The molecular weight excluding hydrogens is 312 g/mol. The van der Waals surface area contributed by atoms with E-state index in [1.165, 1.54) is 69.8 Å². The Kier molecular flexibility index (Phi) is 10.9. The molecule has 0 unspecified atom stereocenters. The monoisotopic (exact) mass is 348 g/mol. The standard InChI is InChI=1S/C22H36O3/c23-18-22-21(25-22)16-12-7-5-3-1-2-4-6-8-13-17-24-19-20-14-10-9-11-15-20/h9-11,14-15,21-23H,1-8,12-13,16-19H2/t21-,22+/m1/s1. The summed E-state index contributed by atoms with van der Waals surface area (Å²) in [5.41, 5.74) is 1.26. The summed E-state index contributed by atoms with van der Waals surface area (Å²) in [6.45, 7) is 1.83. The number of rotatable bonds is 16. The van der Waals surface area contributed by atoms with Crippen LogP contribution < -0.4 is 0 Å². The van der Waals surface area contributed by atoms with Crippen molar-refractivity contribution in [3.63, 3.8) is 0 Å². The molecule has 3 heteroatoms. The van der Waals surface area contributed by atoms with Crippen molar-refractivity contribution in [1.82, 2.24) is 0 Å². The fraction of sp³-hybridized carbons (Fsp3) is 0.727. The first kappa shape index (κ1) is 20.4. The van der Waals surface area contributed by atoms with Gasteiger partial charge in [0.25, 0.3) is 0 Å². The molecule has 1 aliphatic heterocycles. The first-order valence-corrected chi connectivity index (χ1v) is 10.3. The fourth-order valence-corrected chi connectivity index (χ4v) is 3.32. The minimum absolute atomic E-state index is 0.156. The predicted octanol–water partition coefficient (Wildman–Crippen LogP) is 5.25. The van der Waals surface area contributed by atoms with E-state index in [4.69, 9.17) is 14.6 Å². The predicted molar refractivity (Wildman–Crippen MR) is 103 cm³/mol. The van der Waals surface area contributed by atoms with Crippen molar-refractivity contribution in [2.75, 3.05) is 13.2 Å². The maximum absolute atomic E-state index is 8.90. The molecule has 0 amide bonds. The molecule has 1 aliphatic rings. The first-order valence-electron chi connectivity index (χ1n) is 10.3. The van der Waals surface area contributed by atoms with Crippen molar-refractivity contribution >= 4 is 0 Å². The molecule has 0 radical (unpaired) electrons. The van der Waals surface area contributed by atoms with Gasteiger partial charge in [0, 0.05) is 6.61 Å². The van der Waals surface area contributed by atoms with E-state index in [0.29, 0.717) is 6.10 Å². The van der Waals surface area contributed by atoms with Crippen molar-refractivity contribution in [2.24, 2.45) is 0 Å². The van der Waals surface area contributed by atoms with Crippen LogP contribution in [0.5, 0.6) is 0 Å². The van der Waals surface area contributed by atoms with Gasteiger partial charge in [-0.3, -0.25) is 0 Å². The number of unbranched alkanes of at least 4 members (excludes halogenated alkanes) is 9. The molecule has 1 N–H and O–H groups in total. The van der Waals surface area contributed by atoms with E-state index >= 15 is 0 Å². The van der Waals surface area contributed by atoms with Crippen LogP contribution in [0, 0.1) is 0 Å². The zero-order valence-electron chi connectivity index (χ0n) is 15.7. The van der Waals surface area contributed by atoms with E-state index in [-0.39, 0.29) is 12.7 Å². The second-order valence-corrected chi connectivity index (χ2v) is 7.26. The zero-order chi connectivity index (χ0) is 17.6. The van der Waals surface area contributed by atoms with Crippen molar-refractivity contribution in [3.8, 4) is 0 Å². The van der Waals surface area contributed by atoms with E-state index in [2.05, 4.69) is 24.3 Å². The van der Waals surface area contributed by atoms with Crippen LogP contribution in [0.25, 0.3) is 0 Å². The number of hydrogen-bond donors (Lipinski definition) is 1. The second-order valence-electron chi connectivity index (χ2n) is 7.26. The SMILES string of the molecule is OC[C@@H]1O[C@@H]1CCCCCCCCCCCCOCc1ccccc1. The number of aliphatic hydroxyl groups is 1. The number of aliphatic hydroxyl groups excluding tert-OH is 1. The lowest BCUT2D eigenvalue weighted by molar-refractivity contribution is 0.116. The van der Waals surface area contributed by atoms with E-state index in [1.807, 2.05) is 6.07 Å². The summed E-state index contributed by atoms with van der Waals surface area (Å²) >= 11 is 0. The molecule has 2 atom stereocenters. The van der Waals surface area contributed by atoms with Crippen LogP contribution in [0.2, 0.25) is 0 Å². The molecule has 1 fully saturated rings. The maximum Gasteiger partial charge on any atom is 0.107 e. The van der Waals surface area contributed by atoms with Crippen molar-refractivity contribution in [2.45, 2.75) is 89.4 Å². The third-order valence-electron chi connectivity index (χ3n) is 5.01. The molecular formula is C22H36O3. The molecule has 0 spiro atoms. The number of hydrogen-bond acceptors (Lipinski definition) is 3. The molecule has 0 aromatic heterocycles. The van der Waals surface area contributed by atoms with Crippen LogP contribution in [0.15, 0.2) is 30.3 Å². The number of benzene rings is 1. The number of ether oxygens (including phenoxy) is 2. The van der Waals surface area contributed by atoms with E-state index < -0.39 is 0 Å². The molecule has 2 rings (SSSR count). The molecule has 0 saturated carbocycles. The highest BCUT2D eigenvalue weighted by molar-refractivity contribution is 5.13. The highest BCUT2D eigenvalue weighted by Crippen LogP contribution is 2.26. The summed E-state index contributed by atoms with van der Waals surface area (Å²) in [5, 5.41) is 8.90. The van der Waals surface area contributed by atoms with Crippen LogP contribution in [0.1, 0.15) is 76.2 Å². The van der Waals surface area contributed by atoms with Gasteiger partial charge in [0.2, 0.25) is 0 Å². The number of epoxide rings is 1. The van der Waals surface area contributed by atoms with Crippen molar-refractivity contribution in [3.05, 3.63) is 35.9 Å². The largest absolute Gasteiger partial charge is 0.394 e. The Labute approximate surface area is 153 Å². The van der Waals surface area contributed by atoms with Gasteiger partial charge < -0.3 is 14.6 Å². The smallest absolute Gasteiger partial charge is 0.107 e. The minimum atomic E-state index is 0.156. The van der Waals surface area contributed by atoms with Gasteiger partial charge in [-0.25, -0.2) is 0 Å². The van der Waals surface area contributed by atoms with Gasteiger partial charge in [-0.05, 0) is 18.4 Å². The van der Waals surface area contributed by atoms with Gasteiger partial charge in [0.05, 0.1) is 19.3 Å². The lowest BCUT2D eigenvalue weighted by atomic mass is 10.0. The summed E-state index contributed by atoms with van der Waals surface area (Å²) in [4.78, 5) is 0. The average molecular weight is 349 g/mol. The molecule has 1 aromatic carbocycles. The summed E-state index contributed by atoms with van der Waals surface area (Å²) in [7, 11) is 0. The molecule has 25 heavy (non-hydrogen) atoms. The molecule has 0 aliphatic carbocycles. The summed E-state index contributed by atoms with van der Waals surface area (Å²) in [5.74, 6) is 0. The lowest BCUT2D eigenvalue weighted by Gasteiger charge is -2.05. The Balaban J connectivity index is 1.24. The minimum Gasteiger partial charge on any atom is -0.394 e. The first-order chi connectivity index (χ1) is 12.4. The Morgan fingerprint density at radius 3 is 1.96 bits per heavy atom. The summed E-state index contributed by atoms with van der Waals surface area (Å²) < 4.78 is 11.1. The van der Waals surface area contributed by atoms with Gasteiger partial charge in [-0.2, -0.15) is 0 Å². The Hall–Kier alpha value is -0.900. The highest BCUT2D eigenvalue weighted by Gasteiger charge is 2.36. The van der Waals surface area contributed by atoms with Crippen LogP contribution in [-0.2, 0) is 16.1 Å². The van der Waals surface area contributed by atoms with Crippen LogP contribution in [-0.4, -0.2) is 30.5 Å². The van der Waals surface area contributed by atoms with Gasteiger partial charge in [-0.15, -0.1) is 0 Å². The van der Waals surface area contributed by atoms with E-state index in [1.54, 1.807) is 0 Å². The lowest BCUT2D eigenvalue weighted by Crippen LogP contribution is -1.98. The highest BCUT2D eigenvalue weighted by atomic mass is 16.6. The molecule has 0 bridgehead atoms. The van der Waals surface area contributed by atoms with E-state index in [9.17, 15) is 0 Å². The van der Waals surface area contributed by atoms with Crippen LogP contribution >= 0.6 is 0 Å². The molecule has 1 saturated heterocycles. The topological polar surface area (TPSA) is 42.0 Å². The quantitative estimate of drug-likeness (QED) is 0.327. The third-order valence-corrected chi connectivity index (χ3v) is 5.01. The molecule has 1 heterocycles. The van der Waals surface area contributed by atoms with Gasteiger partial charge in [0.1, 0.15) is 6.10 Å². The fourth-order valence-electron chi connectivity index (χ4n) is 3.32. The van der Waals surface area contributed by atoms with E-state index in [0.717, 1.165) is 19.6 Å². The molecule has 3 nitrogen and oxygen atoms in total. The van der Waals surface area contributed by atoms with Crippen molar-refractivity contribution < 1.29 is 14.6 Å². The van der Waals surface area contributed by atoms with Gasteiger partial charge >= 0.3 is 0 Å². The Bertz CT molecular complexity index is 421. The Morgan fingerprint density at radius 2 is 1.36 bits per heavy atom. The third kappa shape index (κ3) is 9.98. The van der Waals surface area contributed by atoms with Crippen molar-refractivity contribution in [1.29, 1.82) is 0 Å². The summed E-state index contributed by atoms with van der Waals surface area (Å²) in [6, 6.07) is 10.4. The normalized spacial score (nSPS) is 19.2. The maximum atomic E-state index is 8.90. The van der Waals surface area contributed by atoms with Gasteiger partial charge in [-0.1, -0.05) is 88.1 Å².